The molecule has 1 aliphatic heterocycles. The van der Waals surface area contributed by atoms with Crippen molar-refractivity contribution in [1.82, 2.24) is 4.90 Å². The van der Waals surface area contributed by atoms with Gasteiger partial charge in [0.2, 0.25) is 0 Å². The molecular weight excluding hydrogens is 455 g/mol. The number of hydrogen-bond donors (Lipinski definition) is 1. The Hall–Kier alpha value is -2.58. The average molecular weight is 487 g/mol. The first-order chi connectivity index (χ1) is 16.4. The Kier molecular flexibility index (Phi) is 7.78. The van der Waals surface area contributed by atoms with Crippen LogP contribution in [0.5, 0.6) is 0 Å². The largest absolute Gasteiger partial charge is 0.445 e. The Balaban J connectivity index is 1.21. The highest BCUT2D eigenvalue weighted by Crippen LogP contribution is 2.37. The lowest BCUT2D eigenvalue weighted by molar-refractivity contribution is -0.141. The van der Waals surface area contributed by atoms with Gasteiger partial charge in [0.05, 0.1) is 0 Å². The second-order valence-electron chi connectivity index (χ2n) is 9.44. The summed E-state index contributed by atoms with van der Waals surface area (Å²) in [5.74, 6) is -0.833. The maximum atomic E-state index is 13.1. The van der Waals surface area contributed by atoms with Gasteiger partial charge in [0, 0.05) is 11.5 Å². The molecule has 182 valence electrons. The monoisotopic (exact) mass is 486 g/mol. The molecule has 2 aromatic rings. The highest BCUT2D eigenvalue weighted by molar-refractivity contribution is 7.11. The van der Waals surface area contributed by atoms with Crippen molar-refractivity contribution in [3.63, 3.8) is 0 Å². The van der Waals surface area contributed by atoms with Crippen LogP contribution in [0.1, 0.15) is 65.0 Å². The number of likely N-dealkylation sites (tertiary alicyclic amines) is 1. The molecule has 1 saturated heterocycles. The Morgan fingerprint density at radius 2 is 1.74 bits per heavy atom. The van der Waals surface area contributed by atoms with Gasteiger partial charge in [-0.05, 0) is 106 Å². The van der Waals surface area contributed by atoms with Crippen LogP contribution >= 0.6 is 11.3 Å². The third kappa shape index (κ3) is 5.73. The van der Waals surface area contributed by atoms with Crippen LogP contribution < -0.4 is 5.73 Å². The standard InChI is InChI=1S/C26H31FN2O4S/c27-21-5-3-19(4-6-21)23(30)20-10-15-29(16-11-20)14-9-18-7-12-26(13-8-18,25(28)32)33-24(31)22-2-1-17-34-22/h1-6,17-18,20H,7-16H2,(H2,28,32). The smallest absolute Gasteiger partial charge is 0.349 e. The molecule has 1 aromatic heterocycles. The Labute approximate surface area is 203 Å². The number of benzene rings is 1. The zero-order chi connectivity index (χ0) is 24.1. The summed E-state index contributed by atoms with van der Waals surface area (Å²) in [4.78, 5) is 40.1. The number of nitrogens with two attached hydrogens (primary N) is 1. The van der Waals surface area contributed by atoms with Gasteiger partial charge in [-0.15, -0.1) is 11.3 Å². The fourth-order valence-corrected chi connectivity index (χ4v) is 5.69. The van der Waals surface area contributed by atoms with Crippen molar-refractivity contribution in [2.24, 2.45) is 17.6 Å². The van der Waals surface area contributed by atoms with Crippen LogP contribution in [-0.4, -0.2) is 47.8 Å². The zero-order valence-electron chi connectivity index (χ0n) is 19.2. The van der Waals surface area contributed by atoms with E-state index in [9.17, 15) is 18.8 Å². The number of nitrogens with zero attached hydrogens (tertiary/aromatic N) is 1. The Bertz CT molecular complexity index is 992. The lowest BCUT2D eigenvalue weighted by Crippen LogP contribution is -2.50. The van der Waals surface area contributed by atoms with Crippen molar-refractivity contribution in [2.75, 3.05) is 19.6 Å². The van der Waals surface area contributed by atoms with E-state index in [1.165, 1.54) is 23.5 Å². The summed E-state index contributed by atoms with van der Waals surface area (Å²) in [6.07, 6.45) is 5.12. The minimum Gasteiger partial charge on any atom is -0.445 e. The molecule has 1 amide bonds. The van der Waals surface area contributed by atoms with Gasteiger partial charge in [-0.3, -0.25) is 9.59 Å². The van der Waals surface area contributed by atoms with Crippen molar-refractivity contribution in [3.05, 3.63) is 58.0 Å². The van der Waals surface area contributed by atoms with Crippen molar-refractivity contribution >= 4 is 29.0 Å². The molecule has 1 aliphatic carbocycles. The number of halogens is 1. The number of rotatable bonds is 8. The summed E-state index contributed by atoms with van der Waals surface area (Å²) in [6, 6.07) is 9.26. The van der Waals surface area contributed by atoms with Gasteiger partial charge >= 0.3 is 5.97 Å². The number of ketones is 1. The topological polar surface area (TPSA) is 89.7 Å². The number of Topliss-reactive ketones (excluding diaryl/α,β-unsaturated/α-hetero) is 1. The van der Waals surface area contributed by atoms with Gasteiger partial charge in [0.1, 0.15) is 10.7 Å². The van der Waals surface area contributed by atoms with Gasteiger partial charge < -0.3 is 15.4 Å². The molecule has 1 saturated carbocycles. The van der Waals surface area contributed by atoms with E-state index < -0.39 is 17.5 Å². The van der Waals surface area contributed by atoms with Crippen LogP contribution in [-0.2, 0) is 9.53 Å². The van der Waals surface area contributed by atoms with E-state index >= 15 is 0 Å². The van der Waals surface area contributed by atoms with E-state index in [0.717, 1.165) is 51.7 Å². The summed E-state index contributed by atoms with van der Waals surface area (Å²) in [6.45, 7) is 2.68. The molecule has 1 aromatic carbocycles. The van der Waals surface area contributed by atoms with E-state index in [2.05, 4.69) is 4.90 Å². The van der Waals surface area contributed by atoms with Crippen LogP contribution in [0.25, 0.3) is 0 Å². The van der Waals surface area contributed by atoms with Gasteiger partial charge in [0.15, 0.2) is 11.4 Å². The van der Waals surface area contributed by atoms with Crippen LogP contribution in [0.2, 0.25) is 0 Å². The lowest BCUT2D eigenvalue weighted by atomic mass is 9.77. The third-order valence-corrected chi connectivity index (χ3v) is 8.16. The summed E-state index contributed by atoms with van der Waals surface area (Å²) in [7, 11) is 0. The van der Waals surface area contributed by atoms with E-state index in [0.29, 0.717) is 29.2 Å². The molecule has 2 N–H and O–H groups in total. The number of hydrogen-bond acceptors (Lipinski definition) is 6. The molecule has 2 aliphatic rings. The predicted octanol–water partition coefficient (Wildman–Crippen LogP) is 4.44. The zero-order valence-corrected chi connectivity index (χ0v) is 20.0. The minimum atomic E-state index is -1.21. The molecule has 2 fully saturated rings. The number of piperidine rings is 1. The number of thiophene rings is 1. The predicted molar refractivity (Wildman–Crippen MR) is 128 cm³/mol. The number of carbonyl (C=O) groups excluding carboxylic acids is 3. The molecule has 0 bridgehead atoms. The fraction of sp³-hybridized carbons (Fsp3) is 0.500. The molecule has 0 unspecified atom stereocenters. The number of amides is 1. The van der Waals surface area contributed by atoms with Crippen LogP contribution in [0.15, 0.2) is 41.8 Å². The Morgan fingerprint density at radius 1 is 1.06 bits per heavy atom. The van der Waals surface area contributed by atoms with E-state index in [-0.39, 0.29) is 17.5 Å². The first-order valence-electron chi connectivity index (χ1n) is 12.0. The lowest BCUT2D eigenvalue weighted by Gasteiger charge is -2.38. The first kappa shape index (κ1) is 24.5. The van der Waals surface area contributed by atoms with E-state index in [1.54, 1.807) is 29.6 Å². The summed E-state index contributed by atoms with van der Waals surface area (Å²) in [5.41, 5.74) is 5.03. The van der Waals surface area contributed by atoms with Gasteiger partial charge in [0.25, 0.3) is 5.91 Å². The molecular formula is C26H31FN2O4S. The Morgan fingerprint density at radius 3 is 2.32 bits per heavy atom. The van der Waals surface area contributed by atoms with Crippen molar-refractivity contribution in [1.29, 1.82) is 0 Å². The van der Waals surface area contributed by atoms with Crippen molar-refractivity contribution in [3.8, 4) is 0 Å². The molecule has 0 radical (unpaired) electrons. The first-order valence-corrected chi connectivity index (χ1v) is 12.8. The molecule has 2 heterocycles. The highest BCUT2D eigenvalue weighted by atomic mass is 32.1. The van der Waals surface area contributed by atoms with Crippen molar-refractivity contribution in [2.45, 2.75) is 50.5 Å². The molecule has 4 rings (SSSR count). The average Bonchev–Trinajstić information content (AvgIpc) is 3.39. The number of esters is 1. The van der Waals surface area contributed by atoms with Crippen LogP contribution in [0.3, 0.4) is 0 Å². The minimum absolute atomic E-state index is 0.00870. The van der Waals surface area contributed by atoms with E-state index in [1.807, 2.05) is 0 Å². The molecule has 0 atom stereocenters. The molecule has 8 heteroatoms. The van der Waals surface area contributed by atoms with Crippen molar-refractivity contribution < 1.29 is 23.5 Å². The second-order valence-corrected chi connectivity index (χ2v) is 10.4. The number of carbonyl (C=O) groups is 3. The molecule has 0 spiro atoms. The SMILES string of the molecule is NC(=O)C1(OC(=O)c2cccs2)CCC(CCN2CCC(C(=O)c3ccc(F)cc3)CC2)CC1. The maximum absolute atomic E-state index is 13.1. The summed E-state index contributed by atoms with van der Waals surface area (Å²) >= 11 is 1.29. The molecule has 34 heavy (non-hydrogen) atoms. The van der Waals surface area contributed by atoms with Gasteiger partial charge in [-0.1, -0.05) is 6.07 Å². The molecule has 6 nitrogen and oxygen atoms in total. The summed E-state index contributed by atoms with van der Waals surface area (Å²) < 4.78 is 18.8. The second kappa shape index (κ2) is 10.8. The van der Waals surface area contributed by atoms with Crippen LogP contribution in [0.4, 0.5) is 4.39 Å². The normalized spacial score (nSPS) is 24.0. The number of primary amides is 1. The van der Waals surface area contributed by atoms with Gasteiger partial charge in [-0.25, -0.2) is 9.18 Å². The fourth-order valence-electron chi connectivity index (χ4n) is 5.09. The van der Waals surface area contributed by atoms with Crippen LogP contribution in [0, 0.1) is 17.7 Å². The van der Waals surface area contributed by atoms with E-state index in [4.69, 9.17) is 10.5 Å². The van der Waals surface area contributed by atoms with Gasteiger partial charge in [-0.2, -0.15) is 0 Å². The quantitative estimate of drug-likeness (QED) is 0.440. The maximum Gasteiger partial charge on any atom is 0.349 e. The third-order valence-electron chi connectivity index (χ3n) is 7.31. The number of ether oxygens (including phenoxy) is 1. The summed E-state index contributed by atoms with van der Waals surface area (Å²) in [5, 5.41) is 1.80. The highest BCUT2D eigenvalue weighted by Gasteiger charge is 2.44.